The van der Waals surface area contributed by atoms with Crippen molar-refractivity contribution in [2.24, 2.45) is 29.6 Å². The molecule has 63 heavy (non-hydrogen) atoms. The van der Waals surface area contributed by atoms with Gasteiger partial charge in [0.2, 0.25) is 5.79 Å². The number of esters is 1. The van der Waals surface area contributed by atoms with E-state index in [4.69, 9.17) is 28.1 Å². The number of rotatable bonds is 8. The second-order valence-corrected chi connectivity index (χ2v) is 25.8. The number of ether oxygens (including phenoxy) is 5. The number of allylic oxidation sites excluding steroid dienone is 3. The molecule has 360 valence electrons. The van der Waals surface area contributed by atoms with Crippen LogP contribution in [0.4, 0.5) is 0 Å². The first-order valence-electron chi connectivity index (χ1n) is 23.7. The van der Waals surface area contributed by atoms with Gasteiger partial charge >= 0.3 is 5.97 Å². The molecule has 2 bridgehead atoms. The molecule has 0 aromatic carbocycles. The minimum Gasteiger partial charge on any atom is -0.456 e. The molecule has 2 N–H and O–H groups in total. The minimum absolute atomic E-state index is 0.0381. The normalized spacial score (nSPS) is 38.9. The summed E-state index contributed by atoms with van der Waals surface area (Å²) in [6.45, 7) is 22.6. The molecule has 2 saturated heterocycles. The summed E-state index contributed by atoms with van der Waals surface area (Å²) in [7, 11) is 2.73. The van der Waals surface area contributed by atoms with E-state index in [0.29, 0.717) is 38.5 Å². The van der Waals surface area contributed by atoms with E-state index in [2.05, 4.69) is 46.9 Å². The Morgan fingerprint density at radius 2 is 1.56 bits per heavy atom. The lowest BCUT2D eigenvalue weighted by molar-refractivity contribution is -0.302. The van der Waals surface area contributed by atoms with Gasteiger partial charge in [0.05, 0.1) is 30.5 Å². The highest BCUT2D eigenvalue weighted by atomic mass is 28.4. The number of nitrogens with zero attached hydrogens (tertiary/aromatic N) is 1. The Balaban J connectivity index is 1.74. The second-order valence-electron chi connectivity index (χ2n) is 21.0. The third kappa shape index (κ3) is 12.8. The molecule has 1 amide bonds. The van der Waals surface area contributed by atoms with Crippen LogP contribution >= 0.6 is 0 Å². The molecule has 4 rings (SSSR count). The third-order valence-electron chi connectivity index (χ3n) is 15.1. The van der Waals surface area contributed by atoms with Crippen LogP contribution in [-0.2, 0) is 47.3 Å². The van der Waals surface area contributed by atoms with Gasteiger partial charge in [-0.2, -0.15) is 0 Å². The quantitative estimate of drug-likeness (QED) is 0.107. The van der Waals surface area contributed by atoms with Gasteiger partial charge in [-0.3, -0.25) is 14.4 Å². The van der Waals surface area contributed by atoms with Crippen LogP contribution in [0.3, 0.4) is 0 Å². The topological polar surface area (TPSA) is 167 Å². The van der Waals surface area contributed by atoms with Crippen LogP contribution in [0.1, 0.15) is 133 Å². The predicted molar refractivity (Wildman–Crippen MR) is 244 cm³/mol. The van der Waals surface area contributed by atoms with E-state index in [1.54, 1.807) is 35.2 Å². The van der Waals surface area contributed by atoms with Crippen molar-refractivity contribution in [3.8, 4) is 0 Å². The maximum atomic E-state index is 14.5. The van der Waals surface area contributed by atoms with Gasteiger partial charge in [0, 0.05) is 52.0 Å². The Morgan fingerprint density at radius 3 is 2.16 bits per heavy atom. The van der Waals surface area contributed by atoms with Gasteiger partial charge in [0.25, 0.3) is 11.7 Å². The van der Waals surface area contributed by atoms with Gasteiger partial charge in [0.1, 0.15) is 24.0 Å². The molecular formula is C49H83NO12Si. The number of ketones is 2. The summed E-state index contributed by atoms with van der Waals surface area (Å²) in [6.07, 6.45) is 5.23. The first kappa shape index (κ1) is 53.3. The Bertz CT molecular complexity index is 1640. The molecule has 0 radical (unpaired) electrons. The first-order valence-corrected chi connectivity index (χ1v) is 26.6. The van der Waals surface area contributed by atoms with Crippen molar-refractivity contribution in [1.82, 2.24) is 4.90 Å². The number of hydrogen-bond donors (Lipinski definition) is 2. The highest BCUT2D eigenvalue weighted by molar-refractivity contribution is 6.74. The molecule has 0 spiro atoms. The summed E-state index contributed by atoms with van der Waals surface area (Å²) in [4.78, 5) is 58.4. The second kappa shape index (κ2) is 22.5. The van der Waals surface area contributed by atoms with Crippen LogP contribution in [0.5, 0.6) is 0 Å². The number of hydrogen-bond acceptors (Lipinski definition) is 12. The number of aliphatic hydroxyl groups is 2. The molecule has 13 nitrogen and oxygen atoms in total. The van der Waals surface area contributed by atoms with E-state index in [1.807, 2.05) is 26.8 Å². The van der Waals surface area contributed by atoms with Crippen LogP contribution < -0.4 is 0 Å². The molecule has 3 heterocycles. The van der Waals surface area contributed by atoms with Crippen molar-refractivity contribution in [2.75, 3.05) is 27.9 Å². The van der Waals surface area contributed by atoms with E-state index in [-0.39, 0.29) is 60.7 Å². The molecule has 0 aromatic rings. The molecule has 0 aromatic heterocycles. The Kier molecular flexibility index (Phi) is 19.0. The Morgan fingerprint density at radius 1 is 0.921 bits per heavy atom. The summed E-state index contributed by atoms with van der Waals surface area (Å²) in [5.74, 6) is -7.34. The van der Waals surface area contributed by atoms with Gasteiger partial charge in [-0.05, 0) is 114 Å². The van der Waals surface area contributed by atoms with Gasteiger partial charge in [-0.1, -0.05) is 66.2 Å². The first-order chi connectivity index (χ1) is 29.4. The van der Waals surface area contributed by atoms with E-state index >= 15 is 0 Å². The number of aliphatic hydroxyl groups excluding tert-OH is 1. The highest BCUT2D eigenvalue weighted by Crippen LogP contribution is 2.42. The summed E-state index contributed by atoms with van der Waals surface area (Å²) in [5.41, 5.74) is 1.72. The number of Topliss-reactive ketones (excluding diaryl/α,β-unsaturated/α-hetero) is 2. The van der Waals surface area contributed by atoms with E-state index in [1.165, 1.54) is 4.90 Å². The lowest BCUT2D eigenvalue weighted by atomic mass is 9.81. The van der Waals surface area contributed by atoms with Gasteiger partial charge < -0.3 is 43.2 Å². The number of cyclic esters (lactones) is 1. The van der Waals surface area contributed by atoms with Crippen molar-refractivity contribution in [1.29, 1.82) is 0 Å². The van der Waals surface area contributed by atoms with Gasteiger partial charge in [0.15, 0.2) is 8.32 Å². The molecule has 3 fully saturated rings. The molecular weight excluding hydrogens is 823 g/mol. The van der Waals surface area contributed by atoms with Gasteiger partial charge in [-0.15, -0.1) is 0 Å². The molecule has 1 saturated carbocycles. The van der Waals surface area contributed by atoms with Crippen molar-refractivity contribution in [3.05, 3.63) is 23.3 Å². The van der Waals surface area contributed by atoms with Crippen molar-refractivity contribution in [2.45, 2.75) is 206 Å². The van der Waals surface area contributed by atoms with E-state index in [0.717, 1.165) is 24.0 Å². The Hall–Kier alpha value is -2.30. The smallest absolute Gasteiger partial charge is 0.329 e. The summed E-state index contributed by atoms with van der Waals surface area (Å²) < 4.78 is 37.3. The van der Waals surface area contributed by atoms with Crippen LogP contribution in [0.15, 0.2) is 23.3 Å². The maximum Gasteiger partial charge on any atom is 0.329 e. The lowest BCUT2D eigenvalue weighted by Gasteiger charge is -2.47. The highest BCUT2D eigenvalue weighted by Gasteiger charge is 2.57. The summed E-state index contributed by atoms with van der Waals surface area (Å²) in [5, 5.41) is 24.0. The largest absolute Gasteiger partial charge is 0.456 e. The number of piperidine rings is 1. The number of amides is 1. The third-order valence-corrected chi connectivity index (χ3v) is 19.6. The van der Waals surface area contributed by atoms with E-state index in [9.17, 15) is 29.4 Å². The Labute approximate surface area is 379 Å². The van der Waals surface area contributed by atoms with Gasteiger partial charge in [-0.25, -0.2) is 4.79 Å². The van der Waals surface area contributed by atoms with Crippen molar-refractivity contribution >= 4 is 31.8 Å². The number of carbonyl (C=O) groups is 4. The summed E-state index contributed by atoms with van der Waals surface area (Å²) >= 11 is 0. The summed E-state index contributed by atoms with van der Waals surface area (Å²) in [6, 6.07) is -1.12. The fourth-order valence-electron chi connectivity index (χ4n) is 10.1. The standard InChI is InChI=1S/C49H83NO12Si/c1-15-35-23-29(2)22-30(3)24-41(58-11)44-42(59-12)26-32(5)49(56,61-44)45(53)46(54)50-21-17-16-18-36(50)47(55)60-43(33(6)37(51)28-38(35)52)31(4)25-34-19-20-39(40(27-34)57-10)62-63(13,14)48(7,8)9/h23,25,30,32-37,39-44,51,56H,15-22,24,26-28H2,1-14H3/b29-23+,31-25+/t30-,32+,33+,34?,35+,36-,37-,39+,40+,41?,42-,43+,44+,49+/m0/s1. The van der Waals surface area contributed by atoms with Crippen LogP contribution in [-0.4, -0.2) is 129 Å². The zero-order valence-corrected chi connectivity index (χ0v) is 42.1. The SMILES string of the molecule is CC[C@@H]1/C=C(\C)C[C@H](C)CC(OC)[C@H]2O[C@@](O)(C(=O)C(=O)N3CCCC[C@H]3C(=O)O[C@H](/C(C)=C/C3CC[C@@H](O[Si](C)(C)C(C)(C)C)[C@H](OC)C3)[C@H](C)[C@@H](O)CC1=O)[C@H](C)C[C@@H]2OC. The van der Waals surface area contributed by atoms with Crippen molar-refractivity contribution < 1.29 is 57.5 Å². The monoisotopic (exact) mass is 906 g/mol. The molecule has 14 heteroatoms. The minimum atomic E-state index is -2.50. The fourth-order valence-corrected chi connectivity index (χ4v) is 11.4. The molecule has 3 aliphatic heterocycles. The zero-order chi connectivity index (χ0) is 47.2. The van der Waals surface area contributed by atoms with E-state index < -0.39 is 86.1 Å². The zero-order valence-electron chi connectivity index (χ0n) is 41.1. The molecule has 2 unspecified atom stereocenters. The molecule has 4 aliphatic rings. The van der Waals surface area contributed by atoms with Crippen LogP contribution in [0, 0.1) is 29.6 Å². The fraction of sp³-hybridized carbons (Fsp3) is 0.837. The van der Waals surface area contributed by atoms with Crippen LogP contribution in [0.2, 0.25) is 18.1 Å². The molecule has 14 atom stereocenters. The predicted octanol–water partition coefficient (Wildman–Crippen LogP) is 7.50. The lowest BCUT2D eigenvalue weighted by Crippen LogP contribution is -2.64. The maximum absolute atomic E-state index is 14.5. The van der Waals surface area contributed by atoms with Crippen LogP contribution in [0.25, 0.3) is 0 Å². The number of fused-ring (bicyclic) bond motifs is 3. The molecule has 1 aliphatic carbocycles. The average molecular weight is 906 g/mol. The average Bonchev–Trinajstić information content (AvgIpc) is 3.23. The van der Waals surface area contributed by atoms with Crippen molar-refractivity contribution in [3.63, 3.8) is 0 Å². The number of methoxy groups -OCH3 is 3. The number of carbonyl (C=O) groups excluding carboxylic acids is 4.